The molecule has 5 heteroatoms. The predicted octanol–water partition coefficient (Wildman–Crippen LogP) is 3.84. The first-order valence-electron chi connectivity index (χ1n) is 10.0. The second-order valence-corrected chi connectivity index (χ2v) is 7.68. The lowest BCUT2D eigenvalue weighted by Crippen LogP contribution is -2.29. The molecule has 1 N–H and O–H groups in total. The van der Waals surface area contributed by atoms with E-state index in [4.69, 9.17) is 9.97 Å². The summed E-state index contributed by atoms with van der Waals surface area (Å²) < 4.78 is 0. The van der Waals surface area contributed by atoms with Crippen LogP contribution in [-0.2, 0) is 17.6 Å². The predicted molar refractivity (Wildman–Crippen MR) is 116 cm³/mol. The van der Waals surface area contributed by atoms with Gasteiger partial charge in [-0.3, -0.25) is 4.79 Å². The van der Waals surface area contributed by atoms with Crippen molar-refractivity contribution in [3.63, 3.8) is 0 Å². The van der Waals surface area contributed by atoms with E-state index in [0.717, 1.165) is 29.3 Å². The van der Waals surface area contributed by atoms with Gasteiger partial charge in [0.15, 0.2) is 0 Å². The highest BCUT2D eigenvalue weighted by atomic mass is 16.2. The molecule has 0 saturated heterocycles. The monoisotopic (exact) mass is 386 g/mol. The molecular weight excluding hydrogens is 360 g/mol. The number of anilines is 1. The zero-order chi connectivity index (χ0) is 20.4. The average molecular weight is 386 g/mol. The maximum Gasteiger partial charge on any atom is 0.219 e. The average Bonchev–Trinajstić information content (AvgIpc) is 3.05. The lowest BCUT2D eigenvalue weighted by molar-refractivity contribution is -0.127. The van der Waals surface area contributed by atoms with Crippen molar-refractivity contribution < 1.29 is 4.79 Å². The molecule has 4 rings (SSSR count). The molecule has 0 aliphatic heterocycles. The van der Waals surface area contributed by atoms with Crippen molar-refractivity contribution in [2.75, 3.05) is 25.5 Å². The van der Waals surface area contributed by atoms with Crippen LogP contribution >= 0.6 is 0 Å². The third kappa shape index (κ3) is 4.14. The van der Waals surface area contributed by atoms with Crippen molar-refractivity contribution in [2.45, 2.75) is 26.7 Å². The highest BCUT2D eigenvalue weighted by Crippen LogP contribution is 2.40. The summed E-state index contributed by atoms with van der Waals surface area (Å²) in [6, 6.07) is 16.8. The van der Waals surface area contributed by atoms with Crippen LogP contribution in [0.3, 0.4) is 0 Å². The van der Waals surface area contributed by atoms with Crippen molar-refractivity contribution in [1.29, 1.82) is 0 Å². The molecule has 1 aliphatic rings. The Balaban J connectivity index is 1.66. The summed E-state index contributed by atoms with van der Waals surface area (Å²) in [6.07, 6.45) is 1.53. The van der Waals surface area contributed by atoms with Gasteiger partial charge in [-0.2, -0.15) is 0 Å². The number of amides is 1. The lowest BCUT2D eigenvalue weighted by Gasteiger charge is -2.17. The van der Waals surface area contributed by atoms with Gasteiger partial charge in [-0.25, -0.2) is 9.97 Å². The largest absolute Gasteiger partial charge is 0.368 e. The number of aromatic nitrogens is 2. The zero-order valence-corrected chi connectivity index (χ0v) is 17.2. The first kappa shape index (κ1) is 19.1. The Bertz CT molecular complexity index is 1050. The fourth-order valence-electron chi connectivity index (χ4n) is 3.75. The number of fused-ring (bicyclic) bond motifs is 3. The van der Waals surface area contributed by atoms with E-state index in [0.29, 0.717) is 19.5 Å². The third-order valence-corrected chi connectivity index (χ3v) is 5.40. The summed E-state index contributed by atoms with van der Waals surface area (Å²) in [7, 11) is 1.81. The van der Waals surface area contributed by atoms with Crippen molar-refractivity contribution in [1.82, 2.24) is 14.9 Å². The van der Waals surface area contributed by atoms with Crippen LogP contribution < -0.4 is 5.32 Å². The molecule has 1 heterocycles. The van der Waals surface area contributed by atoms with Gasteiger partial charge in [-0.1, -0.05) is 54.1 Å². The normalized spacial score (nSPS) is 11.7. The van der Waals surface area contributed by atoms with Gasteiger partial charge >= 0.3 is 0 Å². The number of benzene rings is 2. The van der Waals surface area contributed by atoms with Crippen molar-refractivity contribution in [3.8, 4) is 11.1 Å². The number of carbonyl (C=O) groups is 1. The topological polar surface area (TPSA) is 58.1 Å². The number of hydrogen-bond acceptors (Lipinski definition) is 4. The van der Waals surface area contributed by atoms with E-state index >= 15 is 0 Å². The maximum atomic E-state index is 11.5. The molecule has 1 aromatic heterocycles. The van der Waals surface area contributed by atoms with E-state index < -0.39 is 0 Å². The molecule has 5 nitrogen and oxygen atoms in total. The molecule has 1 amide bonds. The first-order chi connectivity index (χ1) is 14.0. The third-order valence-electron chi connectivity index (χ3n) is 5.40. The minimum atomic E-state index is 0.0605. The molecule has 29 heavy (non-hydrogen) atoms. The molecule has 0 bridgehead atoms. The summed E-state index contributed by atoms with van der Waals surface area (Å²) in [4.78, 5) is 23.0. The fraction of sp³-hybridized carbons (Fsp3) is 0.292. The van der Waals surface area contributed by atoms with Crippen LogP contribution in [-0.4, -0.2) is 40.9 Å². The Labute approximate surface area is 171 Å². The van der Waals surface area contributed by atoms with Crippen molar-refractivity contribution in [3.05, 3.63) is 76.7 Å². The smallest absolute Gasteiger partial charge is 0.219 e. The van der Waals surface area contributed by atoms with Crippen LogP contribution in [0.2, 0.25) is 0 Å². The standard InChI is InChI=1S/C24H26N4O/c1-16-9-10-20-19(13-16)15-21-23(20)24(25-11-12-28(3)17(2)29)27-22(26-21)14-18-7-5-4-6-8-18/h4-10,13H,11-12,14-15H2,1-3H3,(H,25,26,27). The number of aryl methyl sites for hydroxylation is 1. The van der Waals surface area contributed by atoms with Gasteiger partial charge in [0.25, 0.3) is 0 Å². The van der Waals surface area contributed by atoms with Gasteiger partial charge in [0.2, 0.25) is 5.91 Å². The molecule has 2 aromatic carbocycles. The van der Waals surface area contributed by atoms with Crippen LogP contribution in [0.1, 0.15) is 35.1 Å². The molecule has 1 aliphatic carbocycles. The molecule has 0 radical (unpaired) electrons. The summed E-state index contributed by atoms with van der Waals surface area (Å²) in [5.41, 5.74) is 7.14. The minimum Gasteiger partial charge on any atom is -0.368 e. The Morgan fingerprint density at radius 2 is 1.93 bits per heavy atom. The van der Waals surface area contributed by atoms with E-state index in [1.807, 2.05) is 25.2 Å². The van der Waals surface area contributed by atoms with Crippen LogP contribution in [0.4, 0.5) is 5.82 Å². The molecule has 3 aromatic rings. The highest BCUT2D eigenvalue weighted by Gasteiger charge is 2.25. The van der Waals surface area contributed by atoms with Crippen LogP contribution in [0.15, 0.2) is 48.5 Å². The van der Waals surface area contributed by atoms with Gasteiger partial charge in [-0.05, 0) is 23.6 Å². The Morgan fingerprint density at radius 1 is 1.14 bits per heavy atom. The van der Waals surface area contributed by atoms with E-state index in [1.54, 1.807) is 11.8 Å². The number of nitrogens with one attached hydrogen (secondary N) is 1. The van der Waals surface area contributed by atoms with Gasteiger partial charge < -0.3 is 10.2 Å². The number of likely N-dealkylation sites (N-methyl/N-ethyl adjacent to an activating group) is 1. The van der Waals surface area contributed by atoms with Gasteiger partial charge in [-0.15, -0.1) is 0 Å². The van der Waals surface area contributed by atoms with Crippen LogP contribution in [0.25, 0.3) is 11.1 Å². The fourth-order valence-corrected chi connectivity index (χ4v) is 3.75. The second-order valence-electron chi connectivity index (χ2n) is 7.68. The number of nitrogens with zero attached hydrogens (tertiary/aromatic N) is 3. The Kier molecular flexibility index (Phi) is 5.30. The SMILES string of the molecule is CC(=O)N(C)CCNc1nc(Cc2ccccc2)nc2c1-c1ccc(C)cc1C2. The zero-order valence-electron chi connectivity index (χ0n) is 17.2. The van der Waals surface area contributed by atoms with Gasteiger partial charge in [0.05, 0.1) is 5.69 Å². The molecule has 0 spiro atoms. The molecule has 0 unspecified atom stereocenters. The number of carbonyl (C=O) groups excluding carboxylic acids is 1. The van der Waals surface area contributed by atoms with E-state index in [-0.39, 0.29) is 5.91 Å². The molecule has 0 atom stereocenters. The van der Waals surface area contributed by atoms with E-state index in [1.165, 1.54) is 22.3 Å². The first-order valence-corrected chi connectivity index (χ1v) is 10.0. The van der Waals surface area contributed by atoms with E-state index in [2.05, 4.69) is 42.6 Å². The summed E-state index contributed by atoms with van der Waals surface area (Å²) in [5.74, 6) is 1.74. The van der Waals surface area contributed by atoms with Crippen molar-refractivity contribution in [2.24, 2.45) is 0 Å². The minimum absolute atomic E-state index is 0.0605. The summed E-state index contributed by atoms with van der Waals surface area (Å²) in [5, 5.41) is 3.47. The second kappa shape index (κ2) is 8.03. The van der Waals surface area contributed by atoms with Gasteiger partial charge in [0, 0.05) is 45.5 Å². The molecular formula is C24H26N4O. The van der Waals surface area contributed by atoms with E-state index in [9.17, 15) is 4.79 Å². The van der Waals surface area contributed by atoms with Crippen molar-refractivity contribution >= 4 is 11.7 Å². The molecule has 0 fully saturated rings. The van der Waals surface area contributed by atoms with Crippen LogP contribution in [0, 0.1) is 6.92 Å². The number of hydrogen-bond donors (Lipinski definition) is 1. The summed E-state index contributed by atoms with van der Waals surface area (Å²) in [6.45, 7) is 4.97. The summed E-state index contributed by atoms with van der Waals surface area (Å²) >= 11 is 0. The lowest BCUT2D eigenvalue weighted by atomic mass is 10.0. The molecule has 0 saturated carbocycles. The quantitative estimate of drug-likeness (QED) is 0.547. The van der Waals surface area contributed by atoms with Crippen LogP contribution in [0.5, 0.6) is 0 Å². The Morgan fingerprint density at radius 3 is 2.69 bits per heavy atom. The number of rotatable bonds is 6. The molecule has 148 valence electrons. The Hall–Kier alpha value is -3.21. The van der Waals surface area contributed by atoms with Gasteiger partial charge in [0.1, 0.15) is 11.6 Å². The highest BCUT2D eigenvalue weighted by molar-refractivity contribution is 5.84. The maximum absolute atomic E-state index is 11.5.